The van der Waals surface area contributed by atoms with Gasteiger partial charge in [0, 0.05) is 29.3 Å². The Kier molecular flexibility index (Phi) is 3.92. The van der Waals surface area contributed by atoms with Crippen molar-refractivity contribution in [3.8, 4) is 0 Å². The van der Waals surface area contributed by atoms with E-state index >= 15 is 0 Å². The minimum absolute atomic E-state index is 0.0643. The van der Waals surface area contributed by atoms with Crippen LogP contribution >= 0.6 is 11.3 Å². The van der Waals surface area contributed by atoms with E-state index in [2.05, 4.69) is 19.2 Å². The molecule has 2 aliphatic rings. The molecule has 0 saturated carbocycles. The van der Waals surface area contributed by atoms with E-state index in [1.54, 1.807) is 11.3 Å². The highest BCUT2D eigenvalue weighted by Crippen LogP contribution is 2.46. The maximum Gasteiger partial charge on any atom is 0.336 e. The van der Waals surface area contributed by atoms with Gasteiger partial charge in [0.1, 0.15) is 0 Å². The zero-order valence-electron chi connectivity index (χ0n) is 13.9. The normalized spacial score (nSPS) is 23.5. The number of esters is 1. The van der Waals surface area contributed by atoms with Crippen LogP contribution in [-0.4, -0.2) is 18.9 Å². The highest BCUT2D eigenvalue weighted by atomic mass is 32.1. The SMILES string of the molecule is COC(=O)C1=C(C)NC2=C(C(=O)CC(C)(C)C2)[C@H]1c1ccsc1. The number of carbonyl (C=O) groups excluding carboxylic acids is 2. The number of carbonyl (C=O) groups is 2. The molecule has 4 nitrogen and oxygen atoms in total. The fraction of sp³-hybridized carbons (Fsp3) is 0.444. The predicted molar refractivity (Wildman–Crippen MR) is 90.0 cm³/mol. The summed E-state index contributed by atoms with van der Waals surface area (Å²) in [7, 11) is 1.38. The first-order valence-corrected chi connectivity index (χ1v) is 8.63. The number of thiophene rings is 1. The van der Waals surface area contributed by atoms with Crippen LogP contribution in [0.4, 0.5) is 0 Å². The Labute approximate surface area is 140 Å². The summed E-state index contributed by atoms with van der Waals surface area (Å²) in [6, 6.07) is 1.98. The Hall–Kier alpha value is -1.88. The molecule has 23 heavy (non-hydrogen) atoms. The molecule has 3 rings (SSSR count). The Morgan fingerprint density at radius 1 is 1.39 bits per heavy atom. The molecule has 1 N–H and O–H groups in total. The van der Waals surface area contributed by atoms with E-state index in [-0.39, 0.29) is 23.1 Å². The standard InChI is InChI=1S/C18H21NO3S/c1-10-14(17(21)22-4)15(11-5-6-23-9-11)16-12(19-10)7-18(2,3)8-13(16)20/h5-6,9,15,19H,7-8H2,1-4H3/t15-/m0/s1. The number of nitrogens with one attached hydrogen (secondary N) is 1. The Morgan fingerprint density at radius 2 is 2.13 bits per heavy atom. The molecule has 0 fully saturated rings. The second kappa shape index (κ2) is 5.64. The topological polar surface area (TPSA) is 55.4 Å². The summed E-state index contributed by atoms with van der Waals surface area (Å²) < 4.78 is 4.98. The fourth-order valence-corrected chi connectivity index (χ4v) is 4.28. The zero-order chi connectivity index (χ0) is 16.8. The molecular weight excluding hydrogens is 310 g/mol. The van der Waals surface area contributed by atoms with Gasteiger partial charge in [-0.2, -0.15) is 11.3 Å². The van der Waals surface area contributed by atoms with Crippen molar-refractivity contribution in [3.63, 3.8) is 0 Å². The molecule has 0 spiro atoms. The smallest absolute Gasteiger partial charge is 0.336 e. The van der Waals surface area contributed by atoms with Crippen molar-refractivity contribution in [2.45, 2.75) is 39.5 Å². The predicted octanol–water partition coefficient (Wildman–Crippen LogP) is 3.53. The van der Waals surface area contributed by atoms with Crippen molar-refractivity contribution in [2.24, 2.45) is 5.41 Å². The molecule has 0 aromatic carbocycles. The minimum Gasteiger partial charge on any atom is -0.466 e. The molecule has 1 aliphatic heterocycles. The largest absolute Gasteiger partial charge is 0.466 e. The van der Waals surface area contributed by atoms with Crippen LogP contribution in [0, 0.1) is 5.41 Å². The van der Waals surface area contributed by atoms with Crippen molar-refractivity contribution in [1.82, 2.24) is 5.32 Å². The van der Waals surface area contributed by atoms with Crippen LogP contribution in [0.2, 0.25) is 0 Å². The number of dihydropyridines is 1. The van der Waals surface area contributed by atoms with Gasteiger partial charge in [-0.15, -0.1) is 0 Å². The third kappa shape index (κ3) is 2.74. The van der Waals surface area contributed by atoms with Gasteiger partial charge >= 0.3 is 5.97 Å². The van der Waals surface area contributed by atoms with Gasteiger partial charge in [-0.25, -0.2) is 4.79 Å². The zero-order valence-corrected chi connectivity index (χ0v) is 14.7. The molecule has 0 saturated heterocycles. The monoisotopic (exact) mass is 331 g/mol. The quantitative estimate of drug-likeness (QED) is 0.843. The minimum atomic E-state index is -0.379. The third-order valence-electron chi connectivity index (χ3n) is 4.52. The lowest BCUT2D eigenvalue weighted by Gasteiger charge is -2.39. The van der Waals surface area contributed by atoms with Crippen LogP contribution < -0.4 is 5.32 Å². The van der Waals surface area contributed by atoms with E-state index in [4.69, 9.17) is 4.74 Å². The van der Waals surface area contributed by atoms with E-state index in [1.807, 2.05) is 23.8 Å². The molecule has 1 aromatic heterocycles. The number of hydrogen-bond acceptors (Lipinski definition) is 5. The number of hydrogen-bond donors (Lipinski definition) is 1. The van der Waals surface area contributed by atoms with Gasteiger partial charge in [0.15, 0.2) is 5.78 Å². The summed E-state index contributed by atoms with van der Waals surface area (Å²) >= 11 is 1.57. The summed E-state index contributed by atoms with van der Waals surface area (Å²) in [6.07, 6.45) is 1.31. The van der Waals surface area contributed by atoms with Crippen molar-refractivity contribution in [1.29, 1.82) is 0 Å². The first kappa shape index (κ1) is 16.0. The van der Waals surface area contributed by atoms with Crippen LogP contribution in [0.15, 0.2) is 39.4 Å². The fourth-order valence-electron chi connectivity index (χ4n) is 3.59. The Bertz CT molecular complexity index is 725. The Balaban J connectivity index is 2.17. The molecule has 0 amide bonds. The van der Waals surface area contributed by atoms with Crippen LogP contribution in [-0.2, 0) is 14.3 Å². The first-order chi connectivity index (χ1) is 10.8. The van der Waals surface area contributed by atoms with E-state index in [1.165, 1.54) is 7.11 Å². The summed E-state index contributed by atoms with van der Waals surface area (Å²) in [4.78, 5) is 25.2. The molecule has 5 heteroatoms. The number of ether oxygens (including phenoxy) is 1. The molecule has 0 radical (unpaired) electrons. The van der Waals surface area contributed by atoms with Crippen LogP contribution in [0.3, 0.4) is 0 Å². The van der Waals surface area contributed by atoms with Gasteiger partial charge in [0.25, 0.3) is 0 Å². The van der Waals surface area contributed by atoms with Gasteiger partial charge in [-0.05, 0) is 41.1 Å². The molecule has 1 aliphatic carbocycles. The highest BCUT2D eigenvalue weighted by Gasteiger charge is 2.43. The van der Waals surface area contributed by atoms with Gasteiger partial charge in [0.05, 0.1) is 12.7 Å². The number of allylic oxidation sites excluding steroid dienone is 3. The molecular formula is C18H21NO3S. The lowest BCUT2D eigenvalue weighted by molar-refractivity contribution is -0.136. The first-order valence-electron chi connectivity index (χ1n) is 7.68. The van der Waals surface area contributed by atoms with Crippen molar-refractivity contribution >= 4 is 23.1 Å². The number of methoxy groups -OCH3 is 1. The van der Waals surface area contributed by atoms with Gasteiger partial charge in [-0.3, -0.25) is 4.79 Å². The summed E-state index contributed by atoms with van der Waals surface area (Å²) in [5.74, 6) is -0.585. The molecule has 122 valence electrons. The Morgan fingerprint density at radius 3 is 2.74 bits per heavy atom. The summed E-state index contributed by atoms with van der Waals surface area (Å²) in [5.41, 5.74) is 3.92. The molecule has 1 atom stereocenters. The maximum atomic E-state index is 12.8. The van der Waals surface area contributed by atoms with E-state index < -0.39 is 0 Å². The second-order valence-electron chi connectivity index (χ2n) is 6.98. The molecule has 0 unspecified atom stereocenters. The average molecular weight is 331 g/mol. The van der Waals surface area contributed by atoms with Gasteiger partial charge in [-0.1, -0.05) is 13.8 Å². The highest BCUT2D eigenvalue weighted by molar-refractivity contribution is 7.08. The van der Waals surface area contributed by atoms with Crippen molar-refractivity contribution < 1.29 is 14.3 Å². The maximum absolute atomic E-state index is 12.8. The molecule has 2 heterocycles. The number of rotatable bonds is 2. The van der Waals surface area contributed by atoms with E-state index in [0.29, 0.717) is 12.0 Å². The summed E-state index contributed by atoms with van der Waals surface area (Å²) in [5, 5.41) is 7.28. The van der Waals surface area contributed by atoms with Crippen LogP contribution in [0.25, 0.3) is 0 Å². The van der Waals surface area contributed by atoms with E-state index in [0.717, 1.165) is 29.0 Å². The van der Waals surface area contributed by atoms with Crippen LogP contribution in [0.1, 0.15) is 45.1 Å². The lowest BCUT2D eigenvalue weighted by atomic mass is 9.69. The number of ketones is 1. The average Bonchev–Trinajstić information content (AvgIpc) is 2.97. The van der Waals surface area contributed by atoms with E-state index in [9.17, 15) is 9.59 Å². The third-order valence-corrected chi connectivity index (χ3v) is 5.22. The second-order valence-corrected chi connectivity index (χ2v) is 7.76. The van der Waals surface area contributed by atoms with Gasteiger partial charge in [0.2, 0.25) is 0 Å². The summed E-state index contributed by atoms with van der Waals surface area (Å²) in [6.45, 7) is 6.08. The van der Waals surface area contributed by atoms with Crippen molar-refractivity contribution in [3.05, 3.63) is 44.9 Å². The number of Topliss-reactive ketones (excluding diaryl/α,β-unsaturated/α-hetero) is 1. The molecule has 1 aromatic rings. The lowest BCUT2D eigenvalue weighted by Crippen LogP contribution is -2.38. The van der Waals surface area contributed by atoms with Crippen LogP contribution in [0.5, 0.6) is 0 Å². The van der Waals surface area contributed by atoms with Crippen molar-refractivity contribution in [2.75, 3.05) is 7.11 Å². The molecule has 0 bridgehead atoms. The van der Waals surface area contributed by atoms with Gasteiger partial charge < -0.3 is 10.1 Å².